The summed E-state index contributed by atoms with van der Waals surface area (Å²) in [5, 5.41) is 7.63. The van der Waals surface area contributed by atoms with E-state index in [2.05, 4.69) is 20.4 Å². The van der Waals surface area contributed by atoms with Gasteiger partial charge in [-0.2, -0.15) is 5.10 Å². The standard InChI is InChI=1S/C20H16FN5O3S/c1-30(28,29)19-7-2-13(8-23-19)9-24-20(27)17-10-22-12-18-16(17)11-25-26(18)15-5-3-14(21)4-6-15/h2-8,10-12H,9H2,1H3,(H,24,27). The first-order valence-corrected chi connectivity index (χ1v) is 10.7. The molecule has 0 aliphatic carbocycles. The van der Waals surface area contributed by atoms with Crippen molar-refractivity contribution in [2.75, 3.05) is 6.26 Å². The van der Waals surface area contributed by atoms with E-state index in [-0.39, 0.29) is 23.3 Å². The minimum atomic E-state index is -3.38. The average Bonchev–Trinajstić information content (AvgIpc) is 3.16. The van der Waals surface area contributed by atoms with Gasteiger partial charge in [0.1, 0.15) is 5.82 Å². The molecule has 1 amide bonds. The molecule has 152 valence electrons. The zero-order chi connectivity index (χ0) is 21.3. The number of nitrogens with one attached hydrogen (secondary N) is 1. The number of sulfone groups is 1. The molecule has 1 aromatic carbocycles. The van der Waals surface area contributed by atoms with Crippen LogP contribution in [0.25, 0.3) is 16.6 Å². The van der Waals surface area contributed by atoms with Gasteiger partial charge >= 0.3 is 0 Å². The smallest absolute Gasteiger partial charge is 0.253 e. The number of hydrogen-bond acceptors (Lipinski definition) is 6. The molecule has 0 radical (unpaired) electrons. The molecule has 0 bridgehead atoms. The second kappa shape index (κ2) is 7.64. The van der Waals surface area contributed by atoms with Crippen molar-refractivity contribution in [3.05, 3.63) is 78.1 Å². The molecule has 4 rings (SSSR count). The van der Waals surface area contributed by atoms with Crippen LogP contribution in [0.3, 0.4) is 0 Å². The lowest BCUT2D eigenvalue weighted by Crippen LogP contribution is -2.23. The normalized spacial score (nSPS) is 11.5. The van der Waals surface area contributed by atoms with Crippen molar-refractivity contribution in [3.63, 3.8) is 0 Å². The third kappa shape index (κ3) is 3.90. The molecule has 0 aliphatic rings. The number of pyridine rings is 2. The number of aromatic nitrogens is 4. The molecule has 3 heterocycles. The number of amides is 1. The molecule has 0 unspecified atom stereocenters. The molecule has 30 heavy (non-hydrogen) atoms. The minimum absolute atomic E-state index is 0.0280. The quantitative estimate of drug-likeness (QED) is 0.526. The first-order chi connectivity index (χ1) is 14.3. The van der Waals surface area contributed by atoms with Gasteiger partial charge in [-0.3, -0.25) is 9.78 Å². The van der Waals surface area contributed by atoms with Gasteiger partial charge in [-0.25, -0.2) is 22.5 Å². The molecule has 3 aromatic heterocycles. The summed E-state index contributed by atoms with van der Waals surface area (Å²) >= 11 is 0. The first-order valence-electron chi connectivity index (χ1n) is 8.84. The summed E-state index contributed by atoms with van der Waals surface area (Å²) in [5.74, 6) is -0.716. The van der Waals surface area contributed by atoms with E-state index in [4.69, 9.17) is 0 Å². The third-order valence-corrected chi connectivity index (χ3v) is 5.44. The van der Waals surface area contributed by atoms with Crippen LogP contribution in [0, 0.1) is 5.82 Å². The van der Waals surface area contributed by atoms with Crippen molar-refractivity contribution < 1.29 is 17.6 Å². The molecular formula is C20H16FN5O3S. The topological polar surface area (TPSA) is 107 Å². The van der Waals surface area contributed by atoms with E-state index in [1.807, 2.05) is 0 Å². The van der Waals surface area contributed by atoms with Gasteiger partial charge in [-0.05, 0) is 35.9 Å². The Hall–Kier alpha value is -3.66. The maximum absolute atomic E-state index is 13.2. The highest BCUT2D eigenvalue weighted by molar-refractivity contribution is 7.90. The number of benzene rings is 1. The van der Waals surface area contributed by atoms with Gasteiger partial charge in [0.25, 0.3) is 5.91 Å². The van der Waals surface area contributed by atoms with E-state index in [0.29, 0.717) is 27.7 Å². The van der Waals surface area contributed by atoms with Crippen molar-refractivity contribution in [1.82, 2.24) is 25.1 Å². The second-order valence-corrected chi connectivity index (χ2v) is 8.57. The van der Waals surface area contributed by atoms with Gasteiger partial charge in [-0.15, -0.1) is 0 Å². The van der Waals surface area contributed by atoms with Gasteiger partial charge in [0.05, 0.1) is 29.2 Å². The van der Waals surface area contributed by atoms with Crippen LogP contribution in [0.2, 0.25) is 0 Å². The molecule has 10 heteroatoms. The predicted molar refractivity (Wildman–Crippen MR) is 107 cm³/mol. The number of hydrogen-bond donors (Lipinski definition) is 1. The summed E-state index contributed by atoms with van der Waals surface area (Å²) in [6.07, 6.45) is 7.06. The summed E-state index contributed by atoms with van der Waals surface area (Å²) < 4.78 is 37.7. The van der Waals surface area contributed by atoms with Crippen LogP contribution in [0.4, 0.5) is 4.39 Å². The van der Waals surface area contributed by atoms with Crippen LogP contribution in [0.5, 0.6) is 0 Å². The van der Waals surface area contributed by atoms with Crippen LogP contribution < -0.4 is 5.32 Å². The van der Waals surface area contributed by atoms with Gasteiger partial charge < -0.3 is 5.32 Å². The maximum Gasteiger partial charge on any atom is 0.253 e. The summed E-state index contributed by atoms with van der Waals surface area (Å²) in [7, 11) is -3.38. The lowest BCUT2D eigenvalue weighted by atomic mass is 10.1. The van der Waals surface area contributed by atoms with Crippen LogP contribution in [-0.4, -0.2) is 40.3 Å². The number of rotatable bonds is 5. The number of carbonyl (C=O) groups excluding carboxylic acids is 1. The Kier molecular flexibility index (Phi) is 5.00. The Morgan fingerprint density at radius 1 is 1.07 bits per heavy atom. The van der Waals surface area contributed by atoms with Gasteiger partial charge in [-0.1, -0.05) is 6.07 Å². The Morgan fingerprint density at radius 2 is 1.83 bits per heavy atom. The summed E-state index contributed by atoms with van der Waals surface area (Å²) in [5.41, 5.74) is 2.23. The number of carbonyl (C=O) groups is 1. The average molecular weight is 425 g/mol. The molecule has 0 saturated heterocycles. The molecule has 0 fully saturated rings. The van der Waals surface area contributed by atoms with E-state index in [9.17, 15) is 17.6 Å². The number of nitrogens with zero attached hydrogens (tertiary/aromatic N) is 4. The third-order valence-electron chi connectivity index (χ3n) is 4.44. The van der Waals surface area contributed by atoms with E-state index in [1.54, 1.807) is 35.3 Å². The maximum atomic E-state index is 13.2. The van der Waals surface area contributed by atoms with E-state index in [0.717, 1.165) is 6.26 Å². The van der Waals surface area contributed by atoms with Crippen LogP contribution in [0.15, 0.2) is 66.2 Å². The highest BCUT2D eigenvalue weighted by atomic mass is 32.2. The van der Waals surface area contributed by atoms with Gasteiger partial charge in [0.2, 0.25) is 0 Å². The summed E-state index contributed by atoms with van der Waals surface area (Å²) in [6.45, 7) is 0.165. The number of fused-ring (bicyclic) bond motifs is 1. The van der Waals surface area contributed by atoms with Crippen LogP contribution in [0.1, 0.15) is 15.9 Å². The van der Waals surface area contributed by atoms with E-state index >= 15 is 0 Å². The highest BCUT2D eigenvalue weighted by Gasteiger charge is 2.15. The second-order valence-electron chi connectivity index (χ2n) is 6.61. The fourth-order valence-electron chi connectivity index (χ4n) is 2.92. The lowest BCUT2D eigenvalue weighted by molar-refractivity contribution is 0.0952. The highest BCUT2D eigenvalue weighted by Crippen LogP contribution is 2.21. The van der Waals surface area contributed by atoms with Crippen molar-refractivity contribution in [2.24, 2.45) is 0 Å². The molecule has 8 nitrogen and oxygen atoms in total. The molecule has 0 atom stereocenters. The molecule has 0 saturated carbocycles. The van der Waals surface area contributed by atoms with Gasteiger partial charge in [0, 0.05) is 30.6 Å². The Morgan fingerprint density at radius 3 is 2.50 bits per heavy atom. The molecule has 1 N–H and O–H groups in total. The predicted octanol–water partition coefficient (Wildman–Crippen LogP) is 2.29. The van der Waals surface area contributed by atoms with Crippen LogP contribution in [-0.2, 0) is 16.4 Å². The van der Waals surface area contributed by atoms with E-state index in [1.165, 1.54) is 30.6 Å². The molecule has 0 aliphatic heterocycles. The zero-order valence-corrected chi connectivity index (χ0v) is 16.6. The largest absolute Gasteiger partial charge is 0.348 e. The molecule has 4 aromatic rings. The zero-order valence-electron chi connectivity index (χ0n) is 15.8. The molecule has 0 spiro atoms. The SMILES string of the molecule is CS(=O)(=O)c1ccc(CNC(=O)c2cncc3c2cnn3-c2ccc(F)cc2)cn1. The Labute approximate surface area is 171 Å². The monoisotopic (exact) mass is 425 g/mol. The van der Waals surface area contributed by atoms with E-state index < -0.39 is 9.84 Å². The lowest BCUT2D eigenvalue weighted by Gasteiger charge is -2.07. The summed E-state index contributed by atoms with van der Waals surface area (Å²) in [6, 6.07) is 8.82. The minimum Gasteiger partial charge on any atom is -0.348 e. The molecular weight excluding hydrogens is 409 g/mol. The summed E-state index contributed by atoms with van der Waals surface area (Å²) in [4.78, 5) is 20.7. The van der Waals surface area contributed by atoms with Crippen molar-refractivity contribution in [3.8, 4) is 5.69 Å². The fourth-order valence-corrected chi connectivity index (χ4v) is 3.48. The number of halogens is 1. The van der Waals surface area contributed by atoms with Gasteiger partial charge in [0.15, 0.2) is 14.9 Å². The Bertz CT molecular complexity index is 1330. The Balaban J connectivity index is 1.56. The van der Waals surface area contributed by atoms with Crippen molar-refractivity contribution in [2.45, 2.75) is 11.6 Å². The van der Waals surface area contributed by atoms with Crippen molar-refractivity contribution >= 4 is 26.6 Å². The van der Waals surface area contributed by atoms with Crippen molar-refractivity contribution in [1.29, 1.82) is 0 Å². The van der Waals surface area contributed by atoms with Crippen LogP contribution >= 0.6 is 0 Å². The first kappa shape index (κ1) is 19.6. The fraction of sp³-hybridized carbons (Fsp3) is 0.100.